The molecule has 3 aromatic carbocycles. The molecular formula is C34H37F3N6O3S. The van der Waals surface area contributed by atoms with Crippen LogP contribution in [0.5, 0.6) is 11.5 Å². The molecule has 248 valence electrons. The van der Waals surface area contributed by atoms with Crippen LogP contribution >= 0.6 is 11.8 Å². The van der Waals surface area contributed by atoms with Gasteiger partial charge in [-0.05, 0) is 85.7 Å². The van der Waals surface area contributed by atoms with E-state index in [1.807, 2.05) is 49.4 Å². The standard InChI is InChI=1S/C34H37F3N6O3S/c1-22(2)29-20-28(45-4)16-17-30(29)42-18-19-47-33(42)40-32(44)39-23(3)6-5-7-24-8-10-25(11-9-24)31-38-21-43(41-31)26-12-14-27(15-13-26)46-34(35,36)37/h8-17,20-23H,5-7,18-19H2,1-4H3,(H,39,44). The Labute approximate surface area is 276 Å². The number of halogens is 3. The van der Waals surface area contributed by atoms with Crippen LogP contribution in [0.3, 0.4) is 0 Å². The highest BCUT2D eigenvalue weighted by Crippen LogP contribution is 2.35. The quantitative estimate of drug-likeness (QED) is 0.173. The molecule has 2 amide bonds. The minimum atomic E-state index is -4.74. The third-order valence-electron chi connectivity index (χ3n) is 7.63. The van der Waals surface area contributed by atoms with Gasteiger partial charge in [0.1, 0.15) is 17.8 Å². The molecule has 2 heterocycles. The van der Waals surface area contributed by atoms with E-state index >= 15 is 0 Å². The number of carbonyl (C=O) groups excluding carboxylic acids is 1. The van der Waals surface area contributed by atoms with Crippen molar-refractivity contribution in [2.75, 3.05) is 24.3 Å². The lowest BCUT2D eigenvalue weighted by atomic mass is 10.00. The van der Waals surface area contributed by atoms with Gasteiger partial charge in [0.05, 0.1) is 12.8 Å². The van der Waals surface area contributed by atoms with Crippen LogP contribution in [0.1, 0.15) is 50.7 Å². The van der Waals surface area contributed by atoms with Crippen molar-refractivity contribution in [2.24, 2.45) is 4.99 Å². The number of carbonyl (C=O) groups is 1. The number of urea groups is 1. The third kappa shape index (κ3) is 9.06. The van der Waals surface area contributed by atoms with Gasteiger partial charge in [0, 0.05) is 29.6 Å². The predicted molar refractivity (Wildman–Crippen MR) is 179 cm³/mol. The summed E-state index contributed by atoms with van der Waals surface area (Å²) in [6.45, 7) is 7.05. The number of methoxy groups -OCH3 is 1. The number of aliphatic imine (C=N–C) groups is 1. The number of nitrogens with zero attached hydrogens (tertiary/aromatic N) is 5. The smallest absolute Gasteiger partial charge is 0.497 e. The maximum Gasteiger partial charge on any atom is 0.573 e. The van der Waals surface area contributed by atoms with Gasteiger partial charge < -0.3 is 19.7 Å². The lowest BCUT2D eigenvalue weighted by Gasteiger charge is -2.23. The number of anilines is 1. The highest BCUT2D eigenvalue weighted by atomic mass is 32.2. The molecule has 0 saturated carbocycles. The first-order valence-corrected chi connectivity index (χ1v) is 16.3. The molecule has 4 aromatic rings. The highest BCUT2D eigenvalue weighted by Gasteiger charge is 2.31. The van der Waals surface area contributed by atoms with Crippen molar-refractivity contribution in [1.29, 1.82) is 0 Å². The molecule has 0 radical (unpaired) electrons. The van der Waals surface area contributed by atoms with Crippen LogP contribution in [0.4, 0.5) is 23.7 Å². The Morgan fingerprint density at radius 3 is 2.45 bits per heavy atom. The molecule has 5 rings (SSSR count). The molecule has 9 nitrogen and oxygen atoms in total. The predicted octanol–water partition coefficient (Wildman–Crippen LogP) is 8.00. The Balaban J connectivity index is 1.11. The minimum absolute atomic E-state index is 0.0413. The zero-order chi connectivity index (χ0) is 33.6. The first-order chi connectivity index (χ1) is 22.5. The summed E-state index contributed by atoms with van der Waals surface area (Å²) in [6.07, 6.45) is -0.727. The molecule has 1 aliphatic heterocycles. The number of amidine groups is 1. The Kier molecular flexibility index (Phi) is 10.7. The molecule has 1 aliphatic rings. The van der Waals surface area contributed by atoms with Crippen molar-refractivity contribution in [2.45, 2.75) is 58.4 Å². The van der Waals surface area contributed by atoms with E-state index in [9.17, 15) is 18.0 Å². The molecular weight excluding hydrogens is 629 g/mol. The van der Waals surface area contributed by atoms with Crippen LogP contribution in [-0.4, -0.2) is 57.8 Å². The van der Waals surface area contributed by atoms with Crippen molar-refractivity contribution in [3.05, 3.63) is 84.2 Å². The molecule has 1 atom stereocenters. The van der Waals surface area contributed by atoms with Gasteiger partial charge >= 0.3 is 12.4 Å². The lowest BCUT2D eigenvalue weighted by Crippen LogP contribution is -2.33. The maximum absolute atomic E-state index is 12.8. The van der Waals surface area contributed by atoms with Crippen LogP contribution in [0.2, 0.25) is 0 Å². The number of aromatic nitrogens is 3. The van der Waals surface area contributed by atoms with E-state index in [2.05, 4.69) is 43.9 Å². The summed E-state index contributed by atoms with van der Waals surface area (Å²) in [5.74, 6) is 2.15. The third-order valence-corrected chi connectivity index (χ3v) is 8.59. The van der Waals surface area contributed by atoms with Crippen molar-refractivity contribution >= 4 is 28.6 Å². The first-order valence-electron chi connectivity index (χ1n) is 15.3. The van der Waals surface area contributed by atoms with Gasteiger partial charge in [-0.2, -0.15) is 4.99 Å². The average molecular weight is 667 g/mol. The molecule has 13 heteroatoms. The van der Waals surface area contributed by atoms with Gasteiger partial charge in [-0.25, -0.2) is 14.5 Å². The SMILES string of the molecule is COc1ccc(N2CCSC2=NC(=O)NC(C)CCCc2ccc(-c3ncn(-c4ccc(OC(F)(F)F)cc4)n3)cc2)c(C(C)C)c1. The number of hydrogen-bond acceptors (Lipinski definition) is 6. The van der Waals surface area contributed by atoms with Crippen molar-refractivity contribution in [3.63, 3.8) is 0 Å². The summed E-state index contributed by atoms with van der Waals surface area (Å²) in [4.78, 5) is 23.7. The Hall–Kier alpha value is -4.52. The Morgan fingerprint density at radius 1 is 1.04 bits per heavy atom. The summed E-state index contributed by atoms with van der Waals surface area (Å²) < 4.78 is 48.1. The average Bonchev–Trinajstić information content (AvgIpc) is 3.71. The van der Waals surface area contributed by atoms with Gasteiger partial charge in [0.15, 0.2) is 11.0 Å². The molecule has 47 heavy (non-hydrogen) atoms. The number of thioether (sulfide) groups is 1. The fraction of sp³-hybridized carbons (Fsp3) is 0.353. The molecule has 0 aliphatic carbocycles. The van der Waals surface area contributed by atoms with Crippen LogP contribution in [0.15, 0.2) is 78.0 Å². The van der Waals surface area contributed by atoms with E-state index < -0.39 is 6.36 Å². The van der Waals surface area contributed by atoms with Crippen LogP contribution < -0.4 is 19.7 Å². The van der Waals surface area contributed by atoms with E-state index in [1.54, 1.807) is 18.9 Å². The second-order valence-electron chi connectivity index (χ2n) is 11.5. The molecule has 1 saturated heterocycles. The molecule has 1 unspecified atom stereocenters. The van der Waals surface area contributed by atoms with Crippen molar-refractivity contribution in [3.8, 4) is 28.6 Å². The van der Waals surface area contributed by atoms with Gasteiger partial charge in [-0.15, -0.1) is 18.3 Å². The summed E-state index contributed by atoms with van der Waals surface area (Å²) >= 11 is 1.58. The number of benzene rings is 3. The zero-order valence-electron chi connectivity index (χ0n) is 26.6. The number of alkyl halides is 3. The molecule has 0 spiro atoms. The summed E-state index contributed by atoms with van der Waals surface area (Å²) in [5.41, 5.74) is 4.72. The summed E-state index contributed by atoms with van der Waals surface area (Å²) in [6, 6.07) is 19.0. The molecule has 1 fully saturated rings. The Bertz CT molecular complexity index is 1690. The van der Waals surface area contributed by atoms with Gasteiger partial charge in [0.2, 0.25) is 0 Å². The summed E-state index contributed by atoms with van der Waals surface area (Å²) in [5, 5.41) is 8.18. The second-order valence-corrected chi connectivity index (χ2v) is 12.5. The first kappa shape index (κ1) is 33.8. The van der Waals surface area contributed by atoms with E-state index in [1.165, 1.54) is 35.3 Å². The number of aryl methyl sites for hydroxylation is 1. The number of nitrogens with one attached hydrogen (secondary N) is 1. The van der Waals surface area contributed by atoms with Gasteiger partial charge in [0.25, 0.3) is 0 Å². The normalized spacial score (nSPS) is 14.9. The minimum Gasteiger partial charge on any atom is -0.497 e. The fourth-order valence-corrected chi connectivity index (χ4v) is 6.19. The van der Waals surface area contributed by atoms with Crippen LogP contribution in [0.25, 0.3) is 17.1 Å². The largest absolute Gasteiger partial charge is 0.573 e. The number of amides is 2. The van der Waals surface area contributed by atoms with E-state index in [0.717, 1.165) is 59.7 Å². The maximum atomic E-state index is 12.8. The van der Waals surface area contributed by atoms with Crippen molar-refractivity contribution < 1.29 is 27.4 Å². The van der Waals surface area contributed by atoms with E-state index in [0.29, 0.717) is 16.7 Å². The van der Waals surface area contributed by atoms with Gasteiger partial charge in [-0.3, -0.25) is 0 Å². The summed E-state index contributed by atoms with van der Waals surface area (Å²) in [7, 11) is 1.66. The molecule has 1 N–H and O–H groups in total. The number of rotatable bonds is 11. The highest BCUT2D eigenvalue weighted by molar-refractivity contribution is 8.14. The fourth-order valence-electron chi connectivity index (χ4n) is 5.24. The molecule has 1 aromatic heterocycles. The van der Waals surface area contributed by atoms with E-state index in [-0.39, 0.29) is 23.7 Å². The number of ether oxygens (including phenoxy) is 2. The second kappa shape index (κ2) is 14.9. The van der Waals surface area contributed by atoms with Crippen LogP contribution in [-0.2, 0) is 6.42 Å². The van der Waals surface area contributed by atoms with E-state index in [4.69, 9.17) is 4.74 Å². The zero-order valence-corrected chi connectivity index (χ0v) is 27.4. The molecule has 0 bridgehead atoms. The van der Waals surface area contributed by atoms with Crippen LogP contribution in [0, 0.1) is 0 Å². The lowest BCUT2D eigenvalue weighted by molar-refractivity contribution is -0.274. The van der Waals surface area contributed by atoms with Gasteiger partial charge in [-0.1, -0.05) is 49.9 Å². The monoisotopic (exact) mass is 666 g/mol. The number of hydrogen-bond donors (Lipinski definition) is 1. The topological polar surface area (TPSA) is 93.9 Å². The Morgan fingerprint density at radius 2 is 1.77 bits per heavy atom. The van der Waals surface area contributed by atoms with Crippen molar-refractivity contribution in [1.82, 2.24) is 20.1 Å².